The predicted molar refractivity (Wildman–Crippen MR) is 56.7 cm³/mol. The monoisotopic (exact) mass is 201 g/mol. The van der Waals surface area contributed by atoms with Crippen LogP contribution in [0.1, 0.15) is 23.0 Å². The van der Waals surface area contributed by atoms with E-state index in [0.29, 0.717) is 11.6 Å². The molecule has 3 heteroatoms. The molecule has 0 radical (unpaired) electrons. The number of carbonyl (C=O) groups excluding carboxylic acids is 1. The Hall–Kier alpha value is -1.90. The van der Waals surface area contributed by atoms with Crippen molar-refractivity contribution >= 4 is 5.78 Å². The first-order valence-corrected chi connectivity index (χ1v) is 4.70. The van der Waals surface area contributed by atoms with Crippen molar-refractivity contribution in [2.24, 2.45) is 0 Å². The minimum absolute atomic E-state index is 0.0855. The van der Waals surface area contributed by atoms with Crippen molar-refractivity contribution in [2.45, 2.75) is 13.8 Å². The molecule has 3 nitrogen and oxygen atoms in total. The van der Waals surface area contributed by atoms with Crippen molar-refractivity contribution in [1.29, 1.82) is 0 Å². The highest BCUT2D eigenvalue weighted by atomic mass is 16.3. The van der Waals surface area contributed by atoms with Gasteiger partial charge in [-0.2, -0.15) is 0 Å². The van der Waals surface area contributed by atoms with E-state index < -0.39 is 0 Å². The maximum atomic E-state index is 11.0. The van der Waals surface area contributed by atoms with Crippen LogP contribution in [0.2, 0.25) is 0 Å². The van der Waals surface area contributed by atoms with Gasteiger partial charge < -0.3 is 4.42 Å². The van der Waals surface area contributed by atoms with Gasteiger partial charge in [-0.25, -0.2) is 4.98 Å². The van der Waals surface area contributed by atoms with Gasteiger partial charge in [0.25, 0.3) is 0 Å². The molecule has 1 aromatic carbocycles. The average Bonchev–Trinajstić information content (AvgIpc) is 2.66. The highest BCUT2D eigenvalue weighted by molar-refractivity contribution is 5.92. The Morgan fingerprint density at radius 3 is 2.80 bits per heavy atom. The Balaban J connectivity index is 2.41. The van der Waals surface area contributed by atoms with E-state index in [9.17, 15) is 4.79 Å². The second-order valence-electron chi connectivity index (χ2n) is 3.46. The Bertz CT molecular complexity index is 500. The Morgan fingerprint density at radius 1 is 1.40 bits per heavy atom. The zero-order valence-corrected chi connectivity index (χ0v) is 8.65. The number of aryl methyl sites for hydroxylation is 1. The molecule has 0 N–H and O–H groups in total. The summed E-state index contributed by atoms with van der Waals surface area (Å²) in [6, 6.07) is 7.80. The maximum Gasteiger partial charge on any atom is 0.226 e. The highest BCUT2D eigenvalue weighted by Gasteiger charge is 2.09. The molecule has 0 aliphatic carbocycles. The molecule has 0 amide bonds. The van der Waals surface area contributed by atoms with E-state index in [2.05, 4.69) is 4.98 Å². The van der Waals surface area contributed by atoms with Crippen LogP contribution in [0.4, 0.5) is 0 Å². The third-order valence-electron chi connectivity index (χ3n) is 2.13. The summed E-state index contributed by atoms with van der Waals surface area (Å²) in [6.07, 6.45) is 1.39. The molecule has 1 aromatic heterocycles. The topological polar surface area (TPSA) is 43.1 Å². The summed E-state index contributed by atoms with van der Waals surface area (Å²) in [4.78, 5) is 15.1. The van der Waals surface area contributed by atoms with Crippen molar-refractivity contribution in [3.05, 3.63) is 41.8 Å². The number of aromatic nitrogens is 1. The van der Waals surface area contributed by atoms with E-state index in [1.54, 1.807) is 0 Å². The van der Waals surface area contributed by atoms with Crippen LogP contribution in [0, 0.1) is 6.92 Å². The van der Waals surface area contributed by atoms with Gasteiger partial charge in [0.15, 0.2) is 5.78 Å². The van der Waals surface area contributed by atoms with Gasteiger partial charge in [-0.15, -0.1) is 0 Å². The second kappa shape index (κ2) is 3.69. The lowest BCUT2D eigenvalue weighted by Crippen LogP contribution is -1.91. The molecule has 76 valence electrons. The number of hydrogen-bond donors (Lipinski definition) is 0. The number of nitrogens with zero attached hydrogens (tertiary/aromatic N) is 1. The smallest absolute Gasteiger partial charge is 0.226 e. The molecule has 0 fully saturated rings. The van der Waals surface area contributed by atoms with Crippen molar-refractivity contribution in [3.8, 4) is 11.5 Å². The van der Waals surface area contributed by atoms with Gasteiger partial charge in [-0.3, -0.25) is 4.79 Å². The second-order valence-corrected chi connectivity index (χ2v) is 3.46. The third-order valence-corrected chi connectivity index (χ3v) is 2.13. The van der Waals surface area contributed by atoms with E-state index in [1.165, 1.54) is 13.2 Å². The molecule has 2 aromatic rings. The van der Waals surface area contributed by atoms with Crippen molar-refractivity contribution in [2.75, 3.05) is 0 Å². The van der Waals surface area contributed by atoms with E-state index in [1.807, 2.05) is 31.2 Å². The Kier molecular flexibility index (Phi) is 2.37. The summed E-state index contributed by atoms with van der Waals surface area (Å²) in [6.45, 7) is 3.47. The quantitative estimate of drug-likeness (QED) is 0.701. The van der Waals surface area contributed by atoms with Crippen molar-refractivity contribution in [1.82, 2.24) is 4.98 Å². The summed E-state index contributed by atoms with van der Waals surface area (Å²) in [7, 11) is 0. The summed E-state index contributed by atoms with van der Waals surface area (Å²) in [5.41, 5.74) is 2.39. The van der Waals surface area contributed by atoms with Crippen LogP contribution in [-0.4, -0.2) is 10.8 Å². The summed E-state index contributed by atoms with van der Waals surface area (Å²) >= 11 is 0. The van der Waals surface area contributed by atoms with E-state index in [0.717, 1.165) is 11.1 Å². The molecule has 0 unspecified atom stereocenters. The van der Waals surface area contributed by atoms with Gasteiger partial charge in [0.05, 0.1) is 0 Å². The number of rotatable bonds is 2. The highest BCUT2D eigenvalue weighted by Crippen LogP contribution is 2.19. The fraction of sp³-hybridized carbons (Fsp3) is 0.167. The molecule has 15 heavy (non-hydrogen) atoms. The largest absolute Gasteiger partial charge is 0.444 e. The minimum Gasteiger partial charge on any atom is -0.444 e. The molecular weight excluding hydrogens is 190 g/mol. The van der Waals surface area contributed by atoms with Gasteiger partial charge in [0.2, 0.25) is 5.89 Å². The van der Waals surface area contributed by atoms with E-state index in [-0.39, 0.29) is 5.78 Å². The minimum atomic E-state index is -0.0855. The van der Waals surface area contributed by atoms with E-state index in [4.69, 9.17) is 4.42 Å². The van der Waals surface area contributed by atoms with Crippen LogP contribution in [0.25, 0.3) is 11.5 Å². The fourth-order valence-corrected chi connectivity index (χ4v) is 1.35. The first-order chi connectivity index (χ1) is 7.16. The van der Waals surface area contributed by atoms with Gasteiger partial charge in [-0.05, 0) is 19.1 Å². The number of oxazole rings is 1. The van der Waals surface area contributed by atoms with Crippen LogP contribution in [0.3, 0.4) is 0 Å². The molecule has 1 heterocycles. The lowest BCUT2D eigenvalue weighted by atomic mass is 10.1. The molecule has 0 atom stereocenters. The zero-order chi connectivity index (χ0) is 10.8. The van der Waals surface area contributed by atoms with Crippen LogP contribution in [0.15, 0.2) is 34.9 Å². The van der Waals surface area contributed by atoms with Crippen molar-refractivity contribution in [3.63, 3.8) is 0 Å². The average molecular weight is 201 g/mol. The van der Waals surface area contributed by atoms with Crippen LogP contribution in [-0.2, 0) is 0 Å². The van der Waals surface area contributed by atoms with Gasteiger partial charge in [0.1, 0.15) is 12.0 Å². The molecule has 0 bridgehead atoms. The predicted octanol–water partition coefficient (Wildman–Crippen LogP) is 2.85. The molecule has 0 saturated heterocycles. The first kappa shape index (κ1) is 9.65. The summed E-state index contributed by atoms with van der Waals surface area (Å²) in [5, 5.41) is 0. The zero-order valence-electron chi connectivity index (χ0n) is 8.65. The first-order valence-electron chi connectivity index (χ1n) is 4.70. The normalized spacial score (nSPS) is 10.3. The molecular formula is C12H11NO2. The molecule has 0 aliphatic rings. The SMILES string of the molecule is CC(=O)c1coc(-c2cccc(C)c2)n1. The molecule has 2 rings (SSSR count). The lowest BCUT2D eigenvalue weighted by molar-refractivity contribution is 0.101. The maximum absolute atomic E-state index is 11.0. The standard InChI is InChI=1S/C12H11NO2/c1-8-4-3-5-10(6-8)12-13-11(7-15-12)9(2)14/h3-7H,1-2H3. The summed E-state index contributed by atoms with van der Waals surface area (Å²) < 4.78 is 5.24. The summed E-state index contributed by atoms with van der Waals surface area (Å²) in [5.74, 6) is 0.404. The Morgan fingerprint density at radius 2 is 2.20 bits per heavy atom. The van der Waals surface area contributed by atoms with Gasteiger partial charge in [-0.1, -0.05) is 17.7 Å². The molecule has 0 spiro atoms. The molecule has 0 aliphatic heterocycles. The van der Waals surface area contributed by atoms with E-state index >= 15 is 0 Å². The number of benzene rings is 1. The number of carbonyl (C=O) groups is 1. The van der Waals surface area contributed by atoms with Crippen LogP contribution < -0.4 is 0 Å². The fourth-order valence-electron chi connectivity index (χ4n) is 1.35. The molecule has 0 saturated carbocycles. The van der Waals surface area contributed by atoms with Crippen molar-refractivity contribution < 1.29 is 9.21 Å². The number of Topliss-reactive ketones (excluding diaryl/α,β-unsaturated/α-hetero) is 1. The third kappa shape index (κ3) is 1.96. The van der Waals surface area contributed by atoms with Gasteiger partial charge in [0, 0.05) is 12.5 Å². The van der Waals surface area contributed by atoms with Crippen LogP contribution >= 0.6 is 0 Å². The number of hydrogen-bond acceptors (Lipinski definition) is 3. The van der Waals surface area contributed by atoms with Gasteiger partial charge >= 0.3 is 0 Å². The van der Waals surface area contributed by atoms with Crippen LogP contribution in [0.5, 0.6) is 0 Å². The number of ketones is 1. The Labute approximate surface area is 87.8 Å². The lowest BCUT2D eigenvalue weighted by Gasteiger charge is -1.95.